The van der Waals surface area contributed by atoms with Crippen molar-refractivity contribution in [2.45, 2.75) is 13.8 Å². The number of nitrogens with zero attached hydrogens (tertiary/aromatic N) is 2. The van der Waals surface area contributed by atoms with Crippen LogP contribution in [0.4, 0.5) is 10.8 Å². The Kier molecular flexibility index (Phi) is 3.17. The van der Waals surface area contributed by atoms with Crippen LogP contribution in [0.15, 0.2) is 23.6 Å². The van der Waals surface area contributed by atoms with Crippen molar-refractivity contribution >= 4 is 33.8 Å². The van der Waals surface area contributed by atoms with E-state index >= 15 is 0 Å². The third-order valence-electron chi connectivity index (χ3n) is 2.46. The normalized spacial score (nSPS) is 10.5. The van der Waals surface area contributed by atoms with Crippen molar-refractivity contribution in [2.75, 3.05) is 11.9 Å². The Balaban J connectivity index is 2.37. The molecule has 0 spiro atoms. The lowest BCUT2D eigenvalue weighted by Gasteiger charge is -2.18. The molecule has 0 unspecified atom stereocenters. The molecule has 0 aliphatic carbocycles. The van der Waals surface area contributed by atoms with Gasteiger partial charge in [0.2, 0.25) is 0 Å². The maximum Gasteiger partial charge on any atom is 0.191 e. The lowest BCUT2D eigenvalue weighted by atomic mass is 10.1. The summed E-state index contributed by atoms with van der Waals surface area (Å²) in [7, 11) is 2.01. The van der Waals surface area contributed by atoms with Crippen molar-refractivity contribution in [1.82, 2.24) is 4.98 Å². The van der Waals surface area contributed by atoms with E-state index in [-0.39, 0.29) is 0 Å². The Morgan fingerprint density at radius 3 is 2.62 bits per heavy atom. The average Bonchev–Trinajstić information content (AvgIpc) is 2.64. The molecular formula is C12H13ClN2S. The quantitative estimate of drug-likeness (QED) is 0.797. The highest BCUT2D eigenvalue weighted by atomic mass is 35.5. The molecule has 0 fully saturated rings. The zero-order chi connectivity index (χ0) is 11.7. The second kappa shape index (κ2) is 4.44. The van der Waals surface area contributed by atoms with Crippen molar-refractivity contribution in [3.05, 3.63) is 39.9 Å². The molecule has 0 aliphatic rings. The first-order valence-corrected chi connectivity index (χ1v) is 6.25. The first-order valence-electron chi connectivity index (χ1n) is 5.00. The molecule has 16 heavy (non-hydrogen) atoms. The molecule has 2 nitrogen and oxygen atoms in total. The summed E-state index contributed by atoms with van der Waals surface area (Å²) in [5.74, 6) is 0. The number of halogens is 1. The highest BCUT2D eigenvalue weighted by molar-refractivity contribution is 7.14. The SMILES string of the molecule is Cc1ccc(N(C)c2nc(Cl)cs2)c(C)c1. The van der Waals surface area contributed by atoms with Crippen molar-refractivity contribution in [2.24, 2.45) is 0 Å². The topological polar surface area (TPSA) is 16.1 Å². The summed E-state index contributed by atoms with van der Waals surface area (Å²) in [6.45, 7) is 4.20. The van der Waals surface area contributed by atoms with Gasteiger partial charge in [-0.3, -0.25) is 0 Å². The van der Waals surface area contributed by atoms with Gasteiger partial charge >= 0.3 is 0 Å². The molecule has 0 bridgehead atoms. The molecule has 0 saturated heterocycles. The van der Waals surface area contributed by atoms with E-state index < -0.39 is 0 Å². The molecule has 0 atom stereocenters. The highest BCUT2D eigenvalue weighted by Crippen LogP contribution is 2.30. The van der Waals surface area contributed by atoms with Crippen LogP contribution >= 0.6 is 22.9 Å². The molecule has 1 heterocycles. The fraction of sp³-hybridized carbons (Fsp3) is 0.250. The van der Waals surface area contributed by atoms with E-state index in [0.29, 0.717) is 5.15 Å². The Labute approximate surface area is 105 Å². The molecule has 2 rings (SSSR count). The lowest BCUT2D eigenvalue weighted by Crippen LogP contribution is -2.10. The van der Waals surface area contributed by atoms with E-state index in [2.05, 4.69) is 41.9 Å². The fourth-order valence-electron chi connectivity index (χ4n) is 1.68. The number of rotatable bonds is 2. The number of thiazole rings is 1. The van der Waals surface area contributed by atoms with Gasteiger partial charge in [0, 0.05) is 18.1 Å². The van der Waals surface area contributed by atoms with Crippen LogP contribution in [0.2, 0.25) is 5.15 Å². The maximum absolute atomic E-state index is 5.83. The summed E-state index contributed by atoms with van der Waals surface area (Å²) in [5, 5.41) is 3.31. The minimum Gasteiger partial charge on any atom is -0.321 e. The number of aryl methyl sites for hydroxylation is 2. The minimum absolute atomic E-state index is 0.552. The van der Waals surface area contributed by atoms with E-state index in [1.807, 2.05) is 12.4 Å². The van der Waals surface area contributed by atoms with E-state index in [1.165, 1.54) is 11.1 Å². The summed E-state index contributed by atoms with van der Waals surface area (Å²) < 4.78 is 0. The van der Waals surface area contributed by atoms with Crippen LogP contribution in [0.25, 0.3) is 0 Å². The van der Waals surface area contributed by atoms with Gasteiger partial charge in [0.1, 0.15) is 5.15 Å². The van der Waals surface area contributed by atoms with Crippen LogP contribution in [0, 0.1) is 13.8 Å². The van der Waals surface area contributed by atoms with Crippen LogP contribution in [0.3, 0.4) is 0 Å². The van der Waals surface area contributed by atoms with Crippen molar-refractivity contribution < 1.29 is 0 Å². The van der Waals surface area contributed by atoms with Crippen LogP contribution in [0.5, 0.6) is 0 Å². The highest BCUT2D eigenvalue weighted by Gasteiger charge is 2.10. The summed E-state index contributed by atoms with van der Waals surface area (Å²) in [6.07, 6.45) is 0. The van der Waals surface area contributed by atoms with Crippen molar-refractivity contribution in [1.29, 1.82) is 0 Å². The Bertz CT molecular complexity index is 507. The van der Waals surface area contributed by atoms with E-state index in [1.54, 1.807) is 11.3 Å². The van der Waals surface area contributed by atoms with Gasteiger partial charge in [0.25, 0.3) is 0 Å². The molecule has 1 aromatic heterocycles. The van der Waals surface area contributed by atoms with Crippen molar-refractivity contribution in [3.8, 4) is 0 Å². The Hall–Kier alpha value is -1.06. The van der Waals surface area contributed by atoms with Gasteiger partial charge in [-0.25, -0.2) is 4.98 Å². The van der Waals surface area contributed by atoms with Crippen LogP contribution in [-0.2, 0) is 0 Å². The molecule has 84 valence electrons. The van der Waals surface area contributed by atoms with Gasteiger partial charge in [0.15, 0.2) is 5.13 Å². The molecule has 0 amide bonds. The van der Waals surface area contributed by atoms with Crippen LogP contribution < -0.4 is 4.90 Å². The Morgan fingerprint density at radius 2 is 2.06 bits per heavy atom. The summed E-state index contributed by atoms with van der Waals surface area (Å²) in [5.41, 5.74) is 3.68. The van der Waals surface area contributed by atoms with Gasteiger partial charge < -0.3 is 4.90 Å². The predicted octanol–water partition coefficient (Wildman–Crippen LogP) is 4.18. The van der Waals surface area contributed by atoms with Crippen LogP contribution in [-0.4, -0.2) is 12.0 Å². The largest absolute Gasteiger partial charge is 0.321 e. The lowest BCUT2D eigenvalue weighted by molar-refractivity contribution is 1.15. The molecule has 4 heteroatoms. The number of hydrogen-bond acceptors (Lipinski definition) is 3. The molecular weight excluding hydrogens is 240 g/mol. The van der Waals surface area contributed by atoms with Crippen LogP contribution in [0.1, 0.15) is 11.1 Å². The van der Waals surface area contributed by atoms with Gasteiger partial charge in [-0.05, 0) is 25.5 Å². The fourth-order valence-corrected chi connectivity index (χ4v) is 2.61. The average molecular weight is 253 g/mol. The summed E-state index contributed by atoms with van der Waals surface area (Å²) in [6, 6.07) is 6.38. The van der Waals surface area contributed by atoms with Crippen molar-refractivity contribution in [3.63, 3.8) is 0 Å². The molecule has 0 N–H and O–H groups in total. The van der Waals surface area contributed by atoms with Gasteiger partial charge in [-0.15, -0.1) is 11.3 Å². The zero-order valence-corrected chi connectivity index (χ0v) is 11.1. The Morgan fingerprint density at radius 1 is 1.31 bits per heavy atom. The number of anilines is 2. The third kappa shape index (κ3) is 2.20. The first kappa shape index (κ1) is 11.4. The monoisotopic (exact) mass is 252 g/mol. The molecule has 0 saturated carbocycles. The third-order valence-corrected chi connectivity index (χ3v) is 3.70. The van der Waals surface area contributed by atoms with Gasteiger partial charge in [0.05, 0.1) is 0 Å². The molecule has 2 aromatic rings. The van der Waals surface area contributed by atoms with E-state index in [9.17, 15) is 0 Å². The molecule has 1 aromatic carbocycles. The first-order chi connectivity index (χ1) is 7.58. The van der Waals surface area contributed by atoms with E-state index in [4.69, 9.17) is 11.6 Å². The molecule has 0 aliphatic heterocycles. The van der Waals surface area contributed by atoms with E-state index in [0.717, 1.165) is 10.8 Å². The predicted molar refractivity (Wildman–Crippen MR) is 71.1 cm³/mol. The maximum atomic E-state index is 5.83. The van der Waals surface area contributed by atoms with Gasteiger partial charge in [-0.2, -0.15) is 0 Å². The second-order valence-corrected chi connectivity index (χ2v) is 5.03. The number of hydrogen-bond donors (Lipinski definition) is 0. The zero-order valence-electron chi connectivity index (χ0n) is 9.49. The second-order valence-electron chi connectivity index (χ2n) is 3.80. The summed E-state index contributed by atoms with van der Waals surface area (Å²) in [4.78, 5) is 6.32. The number of benzene rings is 1. The molecule has 0 radical (unpaired) electrons. The smallest absolute Gasteiger partial charge is 0.191 e. The summed E-state index contributed by atoms with van der Waals surface area (Å²) >= 11 is 7.38. The standard InChI is InChI=1S/C12H13ClN2S/c1-8-4-5-10(9(2)6-8)15(3)12-14-11(13)7-16-12/h4-7H,1-3H3. The minimum atomic E-state index is 0.552. The van der Waals surface area contributed by atoms with Gasteiger partial charge in [-0.1, -0.05) is 29.3 Å². The number of aromatic nitrogens is 1.